The first-order chi connectivity index (χ1) is 9.86. The molecule has 1 aromatic carbocycles. The molecule has 1 aromatic rings. The van der Waals surface area contributed by atoms with E-state index < -0.39 is 6.04 Å². The zero-order valence-electron chi connectivity index (χ0n) is 13.4. The van der Waals surface area contributed by atoms with Crippen molar-refractivity contribution >= 4 is 11.9 Å². The molecule has 2 rings (SSSR count). The number of benzene rings is 1. The molecule has 1 saturated heterocycles. The van der Waals surface area contributed by atoms with Crippen LogP contribution in [-0.4, -0.2) is 29.9 Å². The maximum absolute atomic E-state index is 12.2. The number of carbonyl (C=O) groups is 2. The molecule has 0 radical (unpaired) electrons. The minimum atomic E-state index is -0.460. The lowest BCUT2D eigenvalue weighted by Gasteiger charge is -2.31. The molecule has 0 aliphatic carbocycles. The third kappa shape index (κ3) is 2.80. The molecule has 1 amide bonds. The van der Waals surface area contributed by atoms with Crippen LogP contribution in [-0.2, 0) is 14.3 Å². The molecule has 0 N–H and O–H groups in total. The van der Waals surface area contributed by atoms with Crippen LogP contribution >= 0.6 is 0 Å². The van der Waals surface area contributed by atoms with Crippen LogP contribution in [0.3, 0.4) is 0 Å². The van der Waals surface area contributed by atoms with Gasteiger partial charge in [0.2, 0.25) is 5.91 Å². The molecule has 0 spiro atoms. The summed E-state index contributed by atoms with van der Waals surface area (Å²) in [4.78, 5) is 25.8. The van der Waals surface area contributed by atoms with E-state index in [1.807, 2.05) is 13.8 Å². The van der Waals surface area contributed by atoms with Crippen LogP contribution < -0.4 is 0 Å². The first-order valence-corrected chi connectivity index (χ1v) is 7.33. The van der Waals surface area contributed by atoms with Crippen molar-refractivity contribution < 1.29 is 14.3 Å². The van der Waals surface area contributed by atoms with Gasteiger partial charge in [-0.2, -0.15) is 0 Å². The summed E-state index contributed by atoms with van der Waals surface area (Å²) in [5, 5.41) is 0. The minimum Gasteiger partial charge on any atom is -0.467 e. The molecule has 0 aromatic heterocycles. The third-order valence-electron chi connectivity index (χ3n) is 4.48. The van der Waals surface area contributed by atoms with Crippen molar-refractivity contribution in [1.82, 2.24) is 4.90 Å². The lowest BCUT2D eigenvalue weighted by Crippen LogP contribution is -2.41. The van der Waals surface area contributed by atoms with Crippen molar-refractivity contribution in [3.05, 3.63) is 34.4 Å². The maximum Gasteiger partial charge on any atom is 0.328 e. The van der Waals surface area contributed by atoms with Crippen molar-refractivity contribution in [2.75, 3.05) is 7.11 Å². The average molecular weight is 289 g/mol. The highest BCUT2D eigenvalue weighted by molar-refractivity contribution is 5.88. The molecular formula is C17H23NO3. The predicted molar refractivity (Wildman–Crippen MR) is 81.0 cm³/mol. The van der Waals surface area contributed by atoms with Crippen LogP contribution in [0.1, 0.15) is 48.1 Å². The summed E-state index contributed by atoms with van der Waals surface area (Å²) in [5.74, 6) is -0.301. The minimum absolute atomic E-state index is 0.0236. The fourth-order valence-electron chi connectivity index (χ4n) is 3.14. The standard InChI is InChI=1S/C17H23NO3/c1-10-8-12(3)14(9-11(10)2)13(4)18-15(17(20)21-5)6-7-16(18)19/h8-9,13,15H,6-7H2,1-5H3. The second-order valence-corrected chi connectivity index (χ2v) is 5.85. The smallest absolute Gasteiger partial charge is 0.328 e. The first kappa shape index (κ1) is 15.5. The molecule has 4 heteroatoms. The van der Waals surface area contributed by atoms with Crippen molar-refractivity contribution in [3.63, 3.8) is 0 Å². The number of methoxy groups -OCH3 is 1. The quantitative estimate of drug-likeness (QED) is 0.804. The van der Waals surface area contributed by atoms with Crippen molar-refractivity contribution in [2.24, 2.45) is 0 Å². The first-order valence-electron chi connectivity index (χ1n) is 7.33. The second-order valence-electron chi connectivity index (χ2n) is 5.85. The number of carbonyl (C=O) groups excluding carboxylic acids is 2. The van der Waals surface area contributed by atoms with Crippen molar-refractivity contribution in [3.8, 4) is 0 Å². The number of esters is 1. The Balaban J connectivity index is 2.38. The predicted octanol–water partition coefficient (Wildman–Crippen LogP) is 2.84. The summed E-state index contributed by atoms with van der Waals surface area (Å²) in [7, 11) is 1.37. The Morgan fingerprint density at radius 2 is 1.86 bits per heavy atom. The van der Waals surface area contributed by atoms with Crippen LogP contribution in [0.4, 0.5) is 0 Å². The normalized spacial score (nSPS) is 19.8. The Kier molecular flexibility index (Phi) is 4.35. The molecule has 0 saturated carbocycles. The summed E-state index contributed by atoms with van der Waals surface area (Å²) >= 11 is 0. The van der Waals surface area contributed by atoms with E-state index >= 15 is 0 Å². The zero-order chi connectivity index (χ0) is 15.7. The van der Waals surface area contributed by atoms with Gasteiger partial charge in [-0.3, -0.25) is 4.79 Å². The molecule has 21 heavy (non-hydrogen) atoms. The highest BCUT2D eigenvalue weighted by Crippen LogP contribution is 2.33. The number of likely N-dealkylation sites (tertiary alicyclic amines) is 1. The van der Waals surface area contributed by atoms with E-state index in [-0.39, 0.29) is 17.9 Å². The number of hydrogen-bond donors (Lipinski definition) is 0. The van der Waals surface area contributed by atoms with E-state index in [1.165, 1.54) is 18.2 Å². The lowest BCUT2D eigenvalue weighted by atomic mass is 9.95. The Bertz CT molecular complexity index is 580. The van der Waals surface area contributed by atoms with Crippen molar-refractivity contribution in [1.29, 1.82) is 0 Å². The van der Waals surface area contributed by atoms with E-state index in [0.29, 0.717) is 12.8 Å². The molecule has 1 fully saturated rings. The Morgan fingerprint density at radius 1 is 1.24 bits per heavy atom. The van der Waals surface area contributed by atoms with Gasteiger partial charge < -0.3 is 9.64 Å². The molecule has 4 nitrogen and oxygen atoms in total. The van der Waals surface area contributed by atoms with Gasteiger partial charge in [-0.15, -0.1) is 0 Å². The van der Waals surface area contributed by atoms with Crippen LogP contribution in [0.2, 0.25) is 0 Å². The molecule has 2 unspecified atom stereocenters. The highest BCUT2D eigenvalue weighted by Gasteiger charge is 2.40. The number of nitrogens with zero attached hydrogens (tertiary/aromatic N) is 1. The van der Waals surface area contributed by atoms with E-state index in [0.717, 1.165) is 11.1 Å². The van der Waals surface area contributed by atoms with Gasteiger partial charge in [0.1, 0.15) is 6.04 Å². The number of ether oxygens (including phenoxy) is 1. The van der Waals surface area contributed by atoms with Crippen LogP contribution in [0.25, 0.3) is 0 Å². The largest absolute Gasteiger partial charge is 0.467 e. The van der Waals surface area contributed by atoms with Gasteiger partial charge in [0.05, 0.1) is 13.2 Å². The maximum atomic E-state index is 12.2. The number of hydrogen-bond acceptors (Lipinski definition) is 3. The van der Waals surface area contributed by atoms with E-state index in [1.54, 1.807) is 4.90 Å². The van der Waals surface area contributed by atoms with Crippen LogP contribution in [0, 0.1) is 20.8 Å². The van der Waals surface area contributed by atoms with Crippen LogP contribution in [0.5, 0.6) is 0 Å². The number of aryl methyl sites for hydroxylation is 3. The zero-order valence-corrected chi connectivity index (χ0v) is 13.4. The molecule has 1 heterocycles. The van der Waals surface area contributed by atoms with Crippen LogP contribution in [0.15, 0.2) is 12.1 Å². The summed E-state index contributed by atoms with van der Waals surface area (Å²) in [5.41, 5.74) is 4.68. The van der Waals surface area contributed by atoms with Gasteiger partial charge >= 0.3 is 5.97 Å². The highest BCUT2D eigenvalue weighted by atomic mass is 16.5. The molecule has 1 aliphatic heterocycles. The van der Waals surface area contributed by atoms with Gasteiger partial charge in [-0.1, -0.05) is 12.1 Å². The molecule has 2 atom stereocenters. The van der Waals surface area contributed by atoms with Gasteiger partial charge in [-0.25, -0.2) is 4.79 Å². The Morgan fingerprint density at radius 3 is 2.48 bits per heavy atom. The van der Waals surface area contributed by atoms with Gasteiger partial charge in [0.15, 0.2) is 0 Å². The average Bonchev–Trinajstić information content (AvgIpc) is 2.83. The lowest BCUT2D eigenvalue weighted by molar-refractivity contribution is -0.150. The summed E-state index contributed by atoms with van der Waals surface area (Å²) in [6.07, 6.45) is 0.952. The molecule has 1 aliphatic rings. The fourth-order valence-corrected chi connectivity index (χ4v) is 3.14. The van der Waals surface area contributed by atoms with Gasteiger partial charge in [-0.05, 0) is 56.4 Å². The molecule has 114 valence electrons. The van der Waals surface area contributed by atoms with E-state index in [9.17, 15) is 9.59 Å². The Labute approximate surface area is 126 Å². The van der Waals surface area contributed by atoms with E-state index in [4.69, 9.17) is 4.74 Å². The van der Waals surface area contributed by atoms with E-state index in [2.05, 4.69) is 26.0 Å². The van der Waals surface area contributed by atoms with Gasteiger partial charge in [0.25, 0.3) is 0 Å². The SMILES string of the molecule is COC(=O)C1CCC(=O)N1C(C)c1cc(C)c(C)cc1C. The summed E-state index contributed by atoms with van der Waals surface area (Å²) < 4.78 is 4.84. The van der Waals surface area contributed by atoms with Crippen molar-refractivity contribution in [2.45, 2.75) is 52.6 Å². The summed E-state index contributed by atoms with van der Waals surface area (Å²) in [6, 6.07) is 3.67. The van der Waals surface area contributed by atoms with Gasteiger partial charge in [0, 0.05) is 6.42 Å². The number of amides is 1. The molecular weight excluding hydrogens is 266 g/mol. The monoisotopic (exact) mass is 289 g/mol. The topological polar surface area (TPSA) is 46.6 Å². The number of rotatable bonds is 3. The third-order valence-corrected chi connectivity index (χ3v) is 4.48. The fraction of sp³-hybridized carbons (Fsp3) is 0.529. The summed E-state index contributed by atoms with van der Waals surface area (Å²) in [6.45, 7) is 8.17. The Hall–Kier alpha value is -1.84. The molecule has 0 bridgehead atoms. The second kappa shape index (κ2) is 5.88.